The van der Waals surface area contributed by atoms with E-state index in [4.69, 9.17) is 30.7 Å². The number of hydroxylamine groups is 6. The van der Waals surface area contributed by atoms with Crippen LogP contribution in [-0.4, -0.2) is 342 Å². The maximum atomic E-state index is 13.7. The van der Waals surface area contributed by atoms with Gasteiger partial charge in [-0.15, -0.1) is 0 Å². The number of aliphatic hydroxyl groups is 16. The predicted octanol–water partition coefficient (Wildman–Crippen LogP) is -14.8. The van der Waals surface area contributed by atoms with Crippen molar-refractivity contribution in [1.82, 2.24) is 45.8 Å². The summed E-state index contributed by atoms with van der Waals surface area (Å²) < 4.78 is 0. The molecule has 3 heterocycles. The van der Waals surface area contributed by atoms with Gasteiger partial charge < -0.3 is 127 Å². The third-order valence-electron chi connectivity index (χ3n) is 12.7. The van der Waals surface area contributed by atoms with Crippen molar-refractivity contribution in [3.8, 4) is 0 Å². The molecule has 3 aliphatic rings. The van der Waals surface area contributed by atoms with Crippen molar-refractivity contribution in [2.45, 2.75) is 110 Å². The smallest absolute Gasteiger partial charge is 0.364 e. The lowest BCUT2D eigenvalue weighted by molar-refractivity contribution is -0.205. The van der Waals surface area contributed by atoms with Crippen LogP contribution in [0, 0.1) is 16.2 Å². The Morgan fingerprint density at radius 1 is 0.421 bits per heavy atom. The highest BCUT2D eigenvalue weighted by Crippen LogP contribution is 2.28. The highest BCUT2D eigenvalue weighted by atomic mass is 16.7. The fourth-order valence-electron chi connectivity index (χ4n) is 8.47. The quantitative estimate of drug-likeness (QED) is 0.0365. The normalized spacial score (nSPS) is 30.2. The number of carbonyl (C=O) groups is 6. The van der Waals surface area contributed by atoms with Gasteiger partial charge >= 0.3 is 17.9 Å². The first-order valence-corrected chi connectivity index (χ1v) is 22.8. The number of likely N-dealkylation sites (tertiary alicyclic amines) is 3. The number of rotatable bonds is 17. The average Bonchev–Trinajstić information content (AvgIpc) is 3.37. The predicted molar refractivity (Wildman–Crippen MR) is 243 cm³/mol. The molecular formula is C39H68N12O25. The maximum Gasteiger partial charge on any atom is 0.364 e. The third-order valence-corrected chi connectivity index (χ3v) is 12.7. The summed E-state index contributed by atoms with van der Waals surface area (Å²) in [6.45, 7) is -8.51. The largest absolute Gasteiger partial charge is 0.394 e. The maximum absolute atomic E-state index is 13.7. The summed E-state index contributed by atoms with van der Waals surface area (Å²) in [5, 5.41) is 195. The van der Waals surface area contributed by atoms with E-state index >= 15 is 0 Å². The Balaban J connectivity index is 1.78. The lowest BCUT2D eigenvalue weighted by Gasteiger charge is -2.48. The van der Waals surface area contributed by atoms with Crippen molar-refractivity contribution in [2.24, 2.45) is 0 Å². The Hall–Kier alpha value is -6.01. The number of nitrogens with zero attached hydrogens (tertiary/aromatic N) is 6. The Labute approximate surface area is 430 Å². The molecule has 76 heavy (non-hydrogen) atoms. The fraction of sp³-hybridized carbons (Fsp3) is 0.769. The van der Waals surface area contributed by atoms with Crippen LogP contribution in [0.5, 0.6) is 0 Å². The second-order valence-corrected chi connectivity index (χ2v) is 17.6. The van der Waals surface area contributed by atoms with Crippen molar-refractivity contribution in [3.63, 3.8) is 0 Å². The summed E-state index contributed by atoms with van der Waals surface area (Å²) in [7, 11) is 2.59. The van der Waals surface area contributed by atoms with E-state index in [0.29, 0.717) is 24.8 Å². The van der Waals surface area contributed by atoms with Crippen LogP contribution in [0.25, 0.3) is 0 Å². The van der Waals surface area contributed by atoms with Gasteiger partial charge in [-0.3, -0.25) is 30.6 Å². The Morgan fingerprint density at radius 3 is 0.842 bits per heavy atom. The topological polar surface area (TPSA) is 581 Å². The van der Waals surface area contributed by atoms with Crippen LogP contribution in [0.4, 0.5) is 0 Å². The van der Waals surface area contributed by atoms with Crippen LogP contribution in [-0.2, 0) is 43.3 Å². The molecule has 0 saturated carbocycles. The molecule has 22 N–H and O–H groups in total. The molecule has 0 aromatic heterocycles. The van der Waals surface area contributed by atoms with Gasteiger partial charge in [0, 0.05) is 21.1 Å². The minimum atomic E-state index is -3.40. The molecule has 3 saturated heterocycles. The summed E-state index contributed by atoms with van der Waals surface area (Å²) in [6, 6.07) is -9.30. The molecule has 3 rings (SSSR count). The molecule has 15 atom stereocenters. The molecule has 0 aromatic rings. The van der Waals surface area contributed by atoms with E-state index in [1.54, 1.807) is 0 Å². The van der Waals surface area contributed by atoms with E-state index in [1.165, 1.54) is 0 Å². The molecule has 0 aliphatic carbocycles. The highest BCUT2D eigenvalue weighted by molar-refractivity contribution is 5.92. The fourth-order valence-corrected chi connectivity index (χ4v) is 8.47. The van der Waals surface area contributed by atoms with Gasteiger partial charge in [-0.1, -0.05) is 0 Å². The van der Waals surface area contributed by atoms with Gasteiger partial charge in [-0.2, -0.15) is 15.2 Å². The third kappa shape index (κ3) is 14.5. The van der Waals surface area contributed by atoms with Crippen LogP contribution in [0.2, 0.25) is 0 Å². The number of hydrogen-bond acceptors (Lipinski definition) is 28. The summed E-state index contributed by atoms with van der Waals surface area (Å²) in [5.74, 6) is -11.3. The molecule has 0 aromatic carbocycles. The van der Waals surface area contributed by atoms with Gasteiger partial charge in [0.1, 0.15) is 54.9 Å². The first kappa shape index (κ1) is 64.3. The molecule has 0 bridgehead atoms. The van der Waals surface area contributed by atoms with E-state index in [2.05, 4.69) is 16.0 Å². The van der Waals surface area contributed by atoms with Crippen LogP contribution in [0.3, 0.4) is 0 Å². The number of hydrogen-bond donors (Lipinski definition) is 22. The minimum absolute atomic E-state index is 0.243. The number of piperidine rings is 3. The monoisotopic (exact) mass is 1100 g/mol. The van der Waals surface area contributed by atoms with Gasteiger partial charge in [-0.05, 0) is 0 Å². The van der Waals surface area contributed by atoms with Crippen molar-refractivity contribution in [2.75, 3.05) is 80.4 Å². The van der Waals surface area contributed by atoms with E-state index in [0.717, 1.165) is 21.1 Å². The standard InChI is InChI=1S/C39H68N12O25/c1-46(36(40)43-6-21(58)49-15(9-52)26(63)32(69)27(64)16(49)10-53)74-24(61)4-39(73,35(72)76-48(3)38(42)45-8-23(60)51-19(13-56)30(67)34(71)31(68)20(51)14-57)5-25(62)75-47(2)37(41)44-7-22(59)50-17(11-54)28(65)33(70)29(66)18(50)12-55/h15-20,26-34,52-57,63-71,73H,4-14H2,1-3H3,(H2,40,43)(H2,41,44)(H2,42,45)/t15-,16-,17-,18-,19-,20-,26-,27+,28-,29+,30-,31+,32-,33-,34-/m1/s1. The van der Waals surface area contributed by atoms with Crippen LogP contribution in [0.15, 0.2) is 0 Å². The summed E-state index contributed by atoms with van der Waals surface area (Å²) >= 11 is 0. The first-order valence-electron chi connectivity index (χ1n) is 22.8. The summed E-state index contributed by atoms with van der Waals surface area (Å²) in [5.41, 5.74) is -3.40. The van der Waals surface area contributed by atoms with E-state index in [-0.39, 0.29) is 5.06 Å². The lowest BCUT2D eigenvalue weighted by Crippen LogP contribution is -2.70. The second kappa shape index (κ2) is 27.9. The van der Waals surface area contributed by atoms with E-state index in [9.17, 15) is 110 Å². The zero-order chi connectivity index (χ0) is 57.8. The highest BCUT2D eigenvalue weighted by Gasteiger charge is 2.52. The number of nitrogens with one attached hydrogen (secondary N) is 6. The lowest BCUT2D eigenvalue weighted by atomic mass is 9.88. The first-order chi connectivity index (χ1) is 35.5. The molecule has 434 valence electrons. The Bertz CT molecular complexity index is 1920. The molecular weight excluding hydrogens is 1040 g/mol. The Kier molecular flexibility index (Phi) is 23.6. The zero-order valence-electron chi connectivity index (χ0n) is 41.0. The number of guanidine groups is 3. The number of amides is 3. The van der Waals surface area contributed by atoms with Crippen molar-refractivity contribution in [3.05, 3.63) is 0 Å². The number of aliphatic hydroxyl groups excluding tert-OH is 15. The molecule has 37 heteroatoms. The molecule has 3 fully saturated rings. The molecule has 0 spiro atoms. The Morgan fingerprint density at radius 2 is 0.632 bits per heavy atom. The SMILES string of the molecule is CN(OC(=O)CC(O)(CC(=O)ON(C)C(=N)NCC(=O)N1[C@H](CO)[C@H](O)[C@H](O)[C@H](O)[C@H]1CO)C(=O)ON(C)C(=N)NCC(=O)N1[C@H](CO)[C@H](O)[C@H](O)[C@H](O)[C@H]1CO)C(=N)NCC(=O)N1[C@H](CO)[C@H](O)[C@H](O)[C@H](O)[C@H]1CO. The van der Waals surface area contributed by atoms with Crippen LogP contribution < -0.4 is 16.0 Å². The van der Waals surface area contributed by atoms with Gasteiger partial charge in [0.05, 0.1) is 108 Å². The van der Waals surface area contributed by atoms with Gasteiger partial charge in [0.15, 0.2) is 5.60 Å². The van der Waals surface area contributed by atoms with E-state index < -0.39 is 222 Å². The number of carbonyl (C=O) groups excluding carboxylic acids is 6. The van der Waals surface area contributed by atoms with E-state index in [1.807, 2.05) is 0 Å². The van der Waals surface area contributed by atoms with Crippen molar-refractivity contribution in [1.29, 1.82) is 16.2 Å². The van der Waals surface area contributed by atoms with Crippen LogP contribution >= 0.6 is 0 Å². The second-order valence-electron chi connectivity index (χ2n) is 17.6. The average molecular weight is 1110 g/mol. The molecule has 3 aliphatic heterocycles. The summed E-state index contributed by atoms with van der Waals surface area (Å²) in [6.07, 6.45) is -20.1. The van der Waals surface area contributed by atoms with Gasteiger partial charge in [0.25, 0.3) is 0 Å². The molecule has 37 nitrogen and oxygen atoms in total. The zero-order valence-corrected chi connectivity index (χ0v) is 41.0. The van der Waals surface area contributed by atoms with Gasteiger partial charge in [-0.25, -0.2) is 14.4 Å². The molecule has 3 amide bonds. The van der Waals surface area contributed by atoms with Crippen LogP contribution in [0.1, 0.15) is 12.8 Å². The van der Waals surface area contributed by atoms with Gasteiger partial charge in [0.2, 0.25) is 35.6 Å². The summed E-state index contributed by atoms with van der Waals surface area (Å²) in [4.78, 5) is 96.7. The van der Waals surface area contributed by atoms with Crippen molar-refractivity contribution >= 4 is 53.5 Å². The van der Waals surface area contributed by atoms with Crippen molar-refractivity contribution < 1.29 is 125 Å². The minimum Gasteiger partial charge on any atom is -0.394 e. The molecule has 0 radical (unpaired) electrons. The molecule has 0 unspecified atom stereocenters.